The van der Waals surface area contributed by atoms with Gasteiger partial charge in [-0.2, -0.15) is 29.2 Å². The Balaban J connectivity index is 1.49. The molecule has 1 aromatic carbocycles. The van der Waals surface area contributed by atoms with Crippen molar-refractivity contribution in [2.75, 3.05) is 6.54 Å². The molecule has 11 heteroatoms. The molecule has 0 spiro atoms. The number of rotatable bonds is 6. The number of aromatic nitrogens is 2. The van der Waals surface area contributed by atoms with Crippen LogP contribution in [0.1, 0.15) is 40.0 Å². The highest BCUT2D eigenvalue weighted by Crippen LogP contribution is 2.21. The number of piperidine rings is 1. The van der Waals surface area contributed by atoms with E-state index in [1.54, 1.807) is 47.3 Å². The van der Waals surface area contributed by atoms with Crippen LogP contribution in [0.4, 0.5) is 0 Å². The molecule has 1 saturated heterocycles. The molecule has 1 unspecified atom stereocenters. The van der Waals surface area contributed by atoms with Crippen LogP contribution < -0.4 is 10.0 Å². The Kier molecular flexibility index (Phi) is 6.16. The van der Waals surface area contributed by atoms with Gasteiger partial charge < -0.3 is 5.32 Å². The van der Waals surface area contributed by atoms with Gasteiger partial charge >= 0.3 is 10.2 Å². The van der Waals surface area contributed by atoms with E-state index in [-0.39, 0.29) is 12.1 Å². The summed E-state index contributed by atoms with van der Waals surface area (Å²) >= 11 is 1.30. The van der Waals surface area contributed by atoms with Crippen molar-refractivity contribution in [2.45, 2.75) is 25.4 Å². The molecule has 3 heterocycles. The van der Waals surface area contributed by atoms with Gasteiger partial charge in [-0.25, -0.2) is 4.72 Å². The van der Waals surface area contributed by atoms with Gasteiger partial charge in [0.25, 0.3) is 11.8 Å². The quantitative estimate of drug-likeness (QED) is 0.522. The number of nitrogens with one attached hydrogen (secondary N) is 3. The second-order valence-electron chi connectivity index (χ2n) is 7.10. The fourth-order valence-electron chi connectivity index (χ4n) is 3.44. The van der Waals surface area contributed by atoms with E-state index in [0.717, 1.165) is 22.0 Å². The van der Waals surface area contributed by atoms with Crippen LogP contribution in [-0.2, 0) is 10.2 Å². The number of H-pyrrole nitrogens is 1. The van der Waals surface area contributed by atoms with E-state index in [1.807, 2.05) is 6.07 Å². The van der Waals surface area contributed by atoms with Crippen LogP contribution in [0.3, 0.4) is 0 Å². The zero-order chi connectivity index (χ0) is 21.8. The fraction of sp³-hybridized carbons (Fsp3) is 0.250. The standard InChI is InChI=1S/C20H21N5O4S2/c26-19(15-5-3-4-14(12-15)17-7-9-21-23-17)22-18-6-1-2-10-25(18)31(28,29)24-20(27)16-8-11-30-13-16/h3-5,7-9,11-13,18H,1-2,6,10H2,(H,21,23)(H,22,26)(H,24,27). The summed E-state index contributed by atoms with van der Waals surface area (Å²) < 4.78 is 29.0. The topological polar surface area (TPSA) is 124 Å². The highest BCUT2D eigenvalue weighted by molar-refractivity contribution is 7.87. The van der Waals surface area contributed by atoms with Crippen LogP contribution in [0.2, 0.25) is 0 Å². The summed E-state index contributed by atoms with van der Waals surface area (Å²) in [5, 5.41) is 12.8. The molecule has 1 aliphatic rings. The van der Waals surface area contributed by atoms with Gasteiger partial charge in [0.2, 0.25) is 0 Å². The summed E-state index contributed by atoms with van der Waals surface area (Å²) in [6.45, 7) is 0.214. The van der Waals surface area contributed by atoms with Crippen molar-refractivity contribution in [3.05, 3.63) is 64.5 Å². The van der Waals surface area contributed by atoms with Crippen molar-refractivity contribution in [1.82, 2.24) is 24.5 Å². The van der Waals surface area contributed by atoms with Gasteiger partial charge in [-0.15, -0.1) is 0 Å². The van der Waals surface area contributed by atoms with Crippen LogP contribution >= 0.6 is 11.3 Å². The minimum atomic E-state index is -4.12. The maximum absolute atomic E-state index is 12.9. The molecule has 1 atom stereocenters. The summed E-state index contributed by atoms with van der Waals surface area (Å²) in [5.74, 6) is -1.08. The van der Waals surface area contributed by atoms with Gasteiger partial charge in [-0.1, -0.05) is 12.1 Å². The minimum absolute atomic E-state index is 0.214. The Morgan fingerprint density at radius 2 is 2.00 bits per heavy atom. The zero-order valence-electron chi connectivity index (χ0n) is 16.4. The number of hydrogen-bond donors (Lipinski definition) is 3. The third-order valence-corrected chi connectivity index (χ3v) is 7.18. The van der Waals surface area contributed by atoms with E-state index >= 15 is 0 Å². The van der Waals surface area contributed by atoms with E-state index in [4.69, 9.17) is 0 Å². The number of nitrogens with zero attached hydrogens (tertiary/aromatic N) is 2. The Labute approximate surface area is 183 Å². The lowest BCUT2D eigenvalue weighted by Gasteiger charge is -2.34. The Morgan fingerprint density at radius 3 is 2.74 bits per heavy atom. The van der Waals surface area contributed by atoms with Crippen molar-refractivity contribution in [2.24, 2.45) is 0 Å². The Morgan fingerprint density at radius 1 is 1.13 bits per heavy atom. The molecule has 1 aliphatic heterocycles. The number of aromatic amines is 1. The molecule has 0 saturated carbocycles. The SMILES string of the molecule is O=C(NC1CCCCN1S(=O)(=O)NC(=O)c1ccsc1)c1cccc(-c2ccn[nH]2)c1. The number of thiophene rings is 1. The van der Waals surface area contributed by atoms with Gasteiger partial charge in [0.05, 0.1) is 17.4 Å². The van der Waals surface area contributed by atoms with E-state index in [1.165, 1.54) is 11.3 Å². The number of hydrogen-bond acceptors (Lipinski definition) is 6. The minimum Gasteiger partial charge on any atom is -0.335 e. The molecular formula is C20H21N5O4S2. The van der Waals surface area contributed by atoms with Gasteiger partial charge in [-0.3, -0.25) is 14.7 Å². The van der Waals surface area contributed by atoms with Crippen LogP contribution in [0.5, 0.6) is 0 Å². The van der Waals surface area contributed by atoms with Crippen LogP contribution in [-0.4, -0.2) is 47.4 Å². The van der Waals surface area contributed by atoms with Crippen molar-refractivity contribution >= 4 is 33.4 Å². The van der Waals surface area contributed by atoms with Gasteiger partial charge in [0, 0.05) is 29.2 Å². The number of carbonyl (C=O) groups is 2. The number of amides is 2. The van der Waals surface area contributed by atoms with E-state index in [9.17, 15) is 18.0 Å². The molecule has 3 aromatic rings. The average molecular weight is 460 g/mol. The largest absolute Gasteiger partial charge is 0.335 e. The lowest BCUT2D eigenvalue weighted by Crippen LogP contribution is -2.56. The molecule has 1 fully saturated rings. The first-order valence-electron chi connectivity index (χ1n) is 9.71. The van der Waals surface area contributed by atoms with E-state index in [2.05, 4.69) is 20.2 Å². The monoisotopic (exact) mass is 459 g/mol. The lowest BCUT2D eigenvalue weighted by molar-refractivity contribution is 0.0882. The smallest absolute Gasteiger partial charge is 0.305 e. The predicted molar refractivity (Wildman–Crippen MR) is 117 cm³/mol. The normalized spacial score (nSPS) is 17.2. The molecule has 31 heavy (non-hydrogen) atoms. The summed E-state index contributed by atoms with van der Waals surface area (Å²) in [5.41, 5.74) is 2.24. The Bertz CT molecular complexity index is 1160. The molecule has 2 amide bonds. The van der Waals surface area contributed by atoms with Gasteiger partial charge in [-0.05, 0) is 48.9 Å². The highest BCUT2D eigenvalue weighted by atomic mass is 32.2. The maximum Gasteiger partial charge on any atom is 0.305 e. The third-order valence-electron chi connectivity index (χ3n) is 5.00. The van der Waals surface area contributed by atoms with Crippen molar-refractivity contribution in [1.29, 1.82) is 0 Å². The van der Waals surface area contributed by atoms with Crippen LogP contribution in [0.15, 0.2) is 53.4 Å². The zero-order valence-corrected chi connectivity index (χ0v) is 18.1. The molecule has 4 rings (SSSR count). The van der Waals surface area contributed by atoms with Crippen molar-refractivity contribution in [3.63, 3.8) is 0 Å². The highest BCUT2D eigenvalue weighted by Gasteiger charge is 2.34. The Hall–Kier alpha value is -3.02. The second-order valence-corrected chi connectivity index (χ2v) is 9.50. The first-order valence-corrected chi connectivity index (χ1v) is 12.1. The molecule has 0 bridgehead atoms. The molecule has 2 aromatic heterocycles. The second kappa shape index (κ2) is 9.00. The molecular weight excluding hydrogens is 438 g/mol. The summed E-state index contributed by atoms with van der Waals surface area (Å²) in [6, 6.07) is 10.3. The first-order chi connectivity index (χ1) is 14.9. The van der Waals surface area contributed by atoms with E-state index < -0.39 is 28.2 Å². The molecule has 0 radical (unpaired) electrons. The summed E-state index contributed by atoms with van der Waals surface area (Å²) in [4.78, 5) is 25.1. The van der Waals surface area contributed by atoms with Gasteiger partial charge in [0.1, 0.15) is 0 Å². The predicted octanol–water partition coefficient (Wildman–Crippen LogP) is 2.35. The molecule has 9 nitrogen and oxygen atoms in total. The molecule has 3 N–H and O–H groups in total. The van der Waals surface area contributed by atoms with Gasteiger partial charge in [0.15, 0.2) is 0 Å². The number of carbonyl (C=O) groups excluding carboxylic acids is 2. The summed E-state index contributed by atoms with van der Waals surface area (Å²) in [6.07, 6.45) is 2.75. The fourth-order valence-corrected chi connectivity index (χ4v) is 5.41. The lowest BCUT2D eigenvalue weighted by atomic mass is 10.1. The molecule has 0 aliphatic carbocycles. The maximum atomic E-state index is 12.9. The third kappa shape index (κ3) is 4.84. The summed E-state index contributed by atoms with van der Waals surface area (Å²) in [7, 11) is -4.12. The first kappa shape index (κ1) is 21.2. The molecule has 162 valence electrons. The van der Waals surface area contributed by atoms with Crippen molar-refractivity contribution in [3.8, 4) is 11.3 Å². The van der Waals surface area contributed by atoms with Crippen LogP contribution in [0.25, 0.3) is 11.3 Å². The van der Waals surface area contributed by atoms with Crippen molar-refractivity contribution < 1.29 is 18.0 Å². The van der Waals surface area contributed by atoms with Crippen LogP contribution in [0, 0.1) is 0 Å². The van der Waals surface area contributed by atoms with E-state index in [0.29, 0.717) is 18.4 Å². The number of benzene rings is 1. The average Bonchev–Trinajstić information content (AvgIpc) is 3.48.